The highest BCUT2D eigenvalue weighted by Crippen LogP contribution is 2.19. The number of fused-ring (bicyclic) bond motifs is 1. The predicted molar refractivity (Wildman–Crippen MR) is 99.8 cm³/mol. The molecule has 1 aromatic carbocycles. The van der Waals surface area contributed by atoms with Crippen molar-refractivity contribution in [2.75, 3.05) is 27.2 Å². The highest BCUT2D eigenvalue weighted by Gasteiger charge is 2.24. The molecule has 0 unspecified atom stereocenters. The Morgan fingerprint density at radius 1 is 1.35 bits per heavy atom. The number of likely N-dealkylation sites (N-methyl/N-ethyl adjacent to an activating group) is 1. The van der Waals surface area contributed by atoms with Gasteiger partial charge in [0.25, 0.3) is 0 Å². The van der Waals surface area contributed by atoms with Crippen molar-refractivity contribution in [3.8, 4) is 0 Å². The molecule has 0 radical (unpaired) electrons. The maximum Gasteiger partial charge on any atom is 0.318 e. The molecule has 1 atom stereocenters. The van der Waals surface area contributed by atoms with Crippen LogP contribution in [0.1, 0.15) is 23.1 Å². The van der Waals surface area contributed by atoms with Gasteiger partial charge in [0.05, 0.1) is 24.5 Å². The zero-order chi connectivity index (χ0) is 18.7. The number of carbonyl (C=O) groups is 1. The third-order valence-corrected chi connectivity index (χ3v) is 4.59. The Bertz CT molecular complexity index is 759. The Morgan fingerprint density at radius 2 is 2.08 bits per heavy atom. The van der Waals surface area contributed by atoms with E-state index in [1.807, 2.05) is 54.0 Å². The van der Waals surface area contributed by atoms with Crippen LogP contribution in [0.15, 0.2) is 30.3 Å². The van der Waals surface area contributed by atoms with Gasteiger partial charge in [0.2, 0.25) is 0 Å². The molecule has 2 heterocycles. The summed E-state index contributed by atoms with van der Waals surface area (Å²) in [6, 6.07) is 9.18. The minimum atomic E-state index is -0.629. The Kier molecular flexibility index (Phi) is 5.80. The Morgan fingerprint density at radius 3 is 2.77 bits per heavy atom. The summed E-state index contributed by atoms with van der Waals surface area (Å²) in [7, 11) is 3.82. The fourth-order valence-corrected chi connectivity index (χ4v) is 3.08. The molecule has 3 rings (SSSR count). The number of nitrogens with zero attached hydrogens (tertiary/aromatic N) is 4. The summed E-state index contributed by atoms with van der Waals surface area (Å²) in [5.74, 6) is 0. The molecule has 2 amide bonds. The SMILES string of the molecule is CN(C)C[C@@H](O)c1cc2n(n1)CCN(C(=O)NCc1ccc(Cl)cc1)C2. The number of halogens is 1. The number of aromatic nitrogens is 2. The number of hydrogen-bond donors (Lipinski definition) is 2. The lowest BCUT2D eigenvalue weighted by atomic mass is 10.2. The quantitative estimate of drug-likeness (QED) is 0.834. The second-order valence-electron chi connectivity index (χ2n) is 6.77. The number of carbonyl (C=O) groups excluding carboxylic acids is 1. The van der Waals surface area contributed by atoms with Crippen LogP contribution in [0, 0.1) is 0 Å². The lowest BCUT2D eigenvalue weighted by Crippen LogP contribution is -2.43. The van der Waals surface area contributed by atoms with Gasteiger partial charge in [-0.25, -0.2) is 4.79 Å². The van der Waals surface area contributed by atoms with Crippen molar-refractivity contribution < 1.29 is 9.90 Å². The fraction of sp³-hybridized carbons (Fsp3) is 0.444. The average molecular weight is 378 g/mol. The molecule has 1 aromatic heterocycles. The molecule has 1 aliphatic heterocycles. The number of nitrogens with one attached hydrogen (secondary N) is 1. The zero-order valence-corrected chi connectivity index (χ0v) is 15.8. The van der Waals surface area contributed by atoms with Crippen molar-refractivity contribution in [2.24, 2.45) is 0 Å². The van der Waals surface area contributed by atoms with Crippen LogP contribution >= 0.6 is 11.6 Å². The van der Waals surface area contributed by atoms with Crippen LogP contribution in [-0.2, 0) is 19.6 Å². The van der Waals surface area contributed by atoms with Crippen molar-refractivity contribution in [1.29, 1.82) is 0 Å². The maximum atomic E-state index is 12.4. The van der Waals surface area contributed by atoms with Crippen LogP contribution in [0.25, 0.3) is 0 Å². The first kappa shape index (κ1) is 18.7. The van der Waals surface area contributed by atoms with Gasteiger partial charge in [0.15, 0.2) is 0 Å². The molecule has 0 fully saturated rings. The molecule has 7 nitrogen and oxygen atoms in total. The van der Waals surface area contributed by atoms with E-state index in [0.29, 0.717) is 43.4 Å². The molecular formula is C18H24ClN5O2. The number of hydrogen-bond acceptors (Lipinski definition) is 4. The minimum Gasteiger partial charge on any atom is -0.385 e. The first-order valence-electron chi connectivity index (χ1n) is 8.59. The van der Waals surface area contributed by atoms with E-state index < -0.39 is 6.10 Å². The summed E-state index contributed by atoms with van der Waals surface area (Å²) in [6.45, 7) is 2.66. The smallest absolute Gasteiger partial charge is 0.318 e. The Labute approximate surface area is 158 Å². The van der Waals surface area contributed by atoms with Crippen LogP contribution in [0.3, 0.4) is 0 Å². The monoisotopic (exact) mass is 377 g/mol. The van der Waals surface area contributed by atoms with Gasteiger partial charge in [-0.15, -0.1) is 0 Å². The van der Waals surface area contributed by atoms with Gasteiger partial charge in [-0.3, -0.25) is 4.68 Å². The number of aliphatic hydroxyl groups excluding tert-OH is 1. The van der Waals surface area contributed by atoms with Gasteiger partial charge >= 0.3 is 6.03 Å². The highest BCUT2D eigenvalue weighted by atomic mass is 35.5. The molecular weight excluding hydrogens is 354 g/mol. The molecule has 0 bridgehead atoms. The van der Waals surface area contributed by atoms with Crippen molar-refractivity contribution in [2.45, 2.75) is 25.7 Å². The fourth-order valence-electron chi connectivity index (χ4n) is 2.96. The van der Waals surface area contributed by atoms with Crippen LogP contribution in [0.4, 0.5) is 4.79 Å². The molecule has 0 saturated carbocycles. The van der Waals surface area contributed by atoms with Crippen molar-refractivity contribution in [1.82, 2.24) is 24.9 Å². The van der Waals surface area contributed by atoms with Crippen molar-refractivity contribution in [3.63, 3.8) is 0 Å². The van der Waals surface area contributed by atoms with Gasteiger partial charge in [-0.1, -0.05) is 23.7 Å². The van der Waals surface area contributed by atoms with E-state index in [0.717, 1.165) is 11.3 Å². The molecule has 0 spiro atoms. The van der Waals surface area contributed by atoms with Gasteiger partial charge in [-0.05, 0) is 37.9 Å². The lowest BCUT2D eigenvalue weighted by Gasteiger charge is -2.27. The summed E-state index contributed by atoms with van der Waals surface area (Å²) < 4.78 is 1.87. The number of benzene rings is 1. The van der Waals surface area contributed by atoms with Gasteiger partial charge in [-0.2, -0.15) is 5.10 Å². The van der Waals surface area contributed by atoms with Crippen LogP contribution in [-0.4, -0.2) is 57.9 Å². The topological polar surface area (TPSA) is 73.6 Å². The molecule has 0 saturated heterocycles. The van der Waals surface area contributed by atoms with E-state index in [2.05, 4.69) is 10.4 Å². The van der Waals surface area contributed by atoms with Gasteiger partial charge < -0.3 is 20.2 Å². The van der Waals surface area contributed by atoms with E-state index in [-0.39, 0.29) is 6.03 Å². The molecule has 0 aliphatic carbocycles. The standard InChI is InChI=1S/C18H24ClN5O2/c1-22(2)12-17(25)16-9-15-11-23(7-8-24(15)21-16)18(26)20-10-13-3-5-14(19)6-4-13/h3-6,9,17,25H,7-8,10-12H2,1-2H3,(H,20,26)/t17-/m1/s1. The highest BCUT2D eigenvalue weighted by molar-refractivity contribution is 6.30. The third-order valence-electron chi connectivity index (χ3n) is 4.34. The first-order valence-corrected chi connectivity index (χ1v) is 8.97. The van der Waals surface area contributed by atoms with E-state index in [9.17, 15) is 9.90 Å². The molecule has 1 aliphatic rings. The van der Waals surface area contributed by atoms with E-state index >= 15 is 0 Å². The third kappa shape index (κ3) is 4.55. The molecule has 2 N–H and O–H groups in total. The van der Waals surface area contributed by atoms with Gasteiger partial charge in [0.1, 0.15) is 6.10 Å². The Balaban J connectivity index is 1.58. The van der Waals surface area contributed by atoms with Crippen LogP contribution < -0.4 is 5.32 Å². The maximum absolute atomic E-state index is 12.4. The molecule has 8 heteroatoms. The summed E-state index contributed by atoms with van der Waals surface area (Å²) in [5, 5.41) is 18.3. The largest absolute Gasteiger partial charge is 0.385 e. The zero-order valence-electron chi connectivity index (χ0n) is 15.0. The van der Waals surface area contributed by atoms with Crippen molar-refractivity contribution in [3.05, 3.63) is 52.3 Å². The van der Waals surface area contributed by atoms with E-state index in [1.165, 1.54) is 0 Å². The van der Waals surface area contributed by atoms with Crippen LogP contribution in [0.5, 0.6) is 0 Å². The number of urea groups is 1. The van der Waals surface area contributed by atoms with Crippen LogP contribution in [0.2, 0.25) is 5.02 Å². The van der Waals surface area contributed by atoms with E-state index in [1.54, 1.807) is 4.90 Å². The summed E-state index contributed by atoms with van der Waals surface area (Å²) in [6.07, 6.45) is -0.629. The molecule has 140 valence electrons. The predicted octanol–water partition coefficient (Wildman–Crippen LogP) is 1.86. The second-order valence-corrected chi connectivity index (χ2v) is 7.20. The van der Waals surface area contributed by atoms with Crippen molar-refractivity contribution >= 4 is 17.6 Å². The lowest BCUT2D eigenvalue weighted by molar-refractivity contribution is 0.133. The normalized spacial score (nSPS) is 15.0. The number of amides is 2. The van der Waals surface area contributed by atoms with E-state index in [4.69, 9.17) is 11.6 Å². The number of rotatable bonds is 5. The molecule has 26 heavy (non-hydrogen) atoms. The second kappa shape index (κ2) is 8.07. The first-order chi connectivity index (χ1) is 12.4. The number of aliphatic hydroxyl groups is 1. The van der Waals surface area contributed by atoms with Gasteiger partial charge in [0, 0.05) is 24.7 Å². The summed E-state index contributed by atoms with van der Waals surface area (Å²) in [4.78, 5) is 16.1. The average Bonchev–Trinajstić information content (AvgIpc) is 3.04. The molecule has 2 aromatic rings. The summed E-state index contributed by atoms with van der Waals surface area (Å²) >= 11 is 5.87. The summed E-state index contributed by atoms with van der Waals surface area (Å²) in [5.41, 5.74) is 2.58. The minimum absolute atomic E-state index is 0.109. The Hall–Kier alpha value is -2.09.